The van der Waals surface area contributed by atoms with Crippen LogP contribution in [-0.4, -0.2) is 26.3 Å². The minimum Gasteiger partial charge on any atom is -0.459 e. The fourth-order valence-electron chi connectivity index (χ4n) is 0.891. The predicted molar refractivity (Wildman–Crippen MR) is 50.3 cm³/mol. The monoisotopic (exact) mass is 198 g/mol. The molecule has 1 aromatic rings. The molecule has 2 N–H and O–H groups in total. The third kappa shape index (κ3) is 3.04. The first-order valence-corrected chi connectivity index (χ1v) is 4.23. The highest BCUT2D eigenvalue weighted by Gasteiger charge is 2.17. The minimum absolute atomic E-state index is 0.0108. The van der Waals surface area contributed by atoms with Gasteiger partial charge in [-0.25, -0.2) is 9.67 Å². The van der Waals surface area contributed by atoms with Gasteiger partial charge in [0, 0.05) is 0 Å². The van der Waals surface area contributed by atoms with Crippen molar-refractivity contribution in [3.63, 3.8) is 0 Å². The highest BCUT2D eigenvalue weighted by molar-refractivity contribution is 5.69. The molecule has 0 radical (unpaired) electrons. The number of nitrogens with two attached hydrogens (primary N) is 1. The zero-order chi connectivity index (χ0) is 10.8. The van der Waals surface area contributed by atoms with Crippen LogP contribution in [0.2, 0.25) is 0 Å². The topological polar surface area (TPSA) is 83.0 Å². The molecule has 14 heavy (non-hydrogen) atoms. The van der Waals surface area contributed by atoms with Crippen LogP contribution in [0.4, 0.5) is 5.95 Å². The summed E-state index contributed by atoms with van der Waals surface area (Å²) in [6.07, 6.45) is 1.29. The predicted octanol–water partition coefficient (Wildman–Crippen LogP) is 0.202. The van der Waals surface area contributed by atoms with Gasteiger partial charge in [-0.15, -0.1) is 0 Å². The lowest BCUT2D eigenvalue weighted by Gasteiger charge is -2.19. The number of esters is 1. The van der Waals surface area contributed by atoms with Gasteiger partial charge in [0.15, 0.2) is 0 Å². The summed E-state index contributed by atoms with van der Waals surface area (Å²) in [7, 11) is 0. The van der Waals surface area contributed by atoms with E-state index in [1.807, 2.05) is 0 Å². The van der Waals surface area contributed by atoms with E-state index < -0.39 is 5.60 Å². The van der Waals surface area contributed by atoms with Gasteiger partial charge in [-0.05, 0) is 20.8 Å². The van der Waals surface area contributed by atoms with E-state index in [1.165, 1.54) is 11.0 Å². The van der Waals surface area contributed by atoms with Crippen LogP contribution in [0.3, 0.4) is 0 Å². The number of hydrogen-bond donors (Lipinski definition) is 1. The third-order valence-corrected chi connectivity index (χ3v) is 1.34. The average molecular weight is 198 g/mol. The Bertz CT molecular complexity index is 326. The second-order valence-corrected chi connectivity index (χ2v) is 3.86. The van der Waals surface area contributed by atoms with Gasteiger partial charge in [-0.2, -0.15) is 5.10 Å². The minimum atomic E-state index is -0.494. The number of aromatic nitrogens is 3. The lowest BCUT2D eigenvalue weighted by atomic mass is 10.2. The Hall–Kier alpha value is -1.59. The van der Waals surface area contributed by atoms with Crippen molar-refractivity contribution >= 4 is 11.9 Å². The smallest absolute Gasteiger partial charge is 0.328 e. The van der Waals surface area contributed by atoms with E-state index in [0.29, 0.717) is 0 Å². The molecule has 1 aromatic heterocycles. The quantitative estimate of drug-likeness (QED) is 0.686. The normalized spacial score (nSPS) is 11.4. The van der Waals surface area contributed by atoms with E-state index in [-0.39, 0.29) is 18.5 Å². The van der Waals surface area contributed by atoms with E-state index in [1.54, 1.807) is 20.8 Å². The van der Waals surface area contributed by atoms with Crippen LogP contribution < -0.4 is 5.73 Å². The van der Waals surface area contributed by atoms with E-state index in [4.69, 9.17) is 10.5 Å². The molecule has 0 spiro atoms. The summed E-state index contributed by atoms with van der Waals surface area (Å²) in [5.41, 5.74) is 4.94. The lowest BCUT2D eigenvalue weighted by molar-refractivity contribution is -0.155. The molecule has 6 heteroatoms. The zero-order valence-corrected chi connectivity index (χ0v) is 8.52. The molecule has 78 valence electrons. The molecule has 0 aliphatic heterocycles. The summed E-state index contributed by atoms with van der Waals surface area (Å²) in [5.74, 6) is -0.175. The van der Waals surface area contributed by atoms with E-state index in [9.17, 15) is 4.79 Å². The second kappa shape index (κ2) is 3.65. The van der Waals surface area contributed by atoms with Crippen molar-refractivity contribution in [3.05, 3.63) is 6.33 Å². The van der Waals surface area contributed by atoms with Crippen molar-refractivity contribution in [3.8, 4) is 0 Å². The van der Waals surface area contributed by atoms with E-state index >= 15 is 0 Å². The van der Waals surface area contributed by atoms with Gasteiger partial charge in [-0.1, -0.05) is 0 Å². The number of hydrogen-bond acceptors (Lipinski definition) is 5. The maximum atomic E-state index is 11.3. The van der Waals surface area contributed by atoms with Gasteiger partial charge in [0.25, 0.3) is 0 Å². The molecule has 0 amide bonds. The van der Waals surface area contributed by atoms with E-state index in [2.05, 4.69) is 10.1 Å². The molecule has 0 saturated heterocycles. The molecule has 0 unspecified atom stereocenters. The van der Waals surface area contributed by atoms with Crippen LogP contribution in [0.5, 0.6) is 0 Å². The number of rotatable bonds is 2. The molecule has 0 atom stereocenters. The van der Waals surface area contributed by atoms with Gasteiger partial charge >= 0.3 is 5.97 Å². The zero-order valence-electron chi connectivity index (χ0n) is 8.52. The van der Waals surface area contributed by atoms with Crippen molar-refractivity contribution < 1.29 is 9.53 Å². The van der Waals surface area contributed by atoms with Gasteiger partial charge in [0.1, 0.15) is 18.5 Å². The summed E-state index contributed by atoms with van der Waals surface area (Å²) in [6.45, 7) is 5.39. The summed E-state index contributed by atoms with van der Waals surface area (Å²) in [4.78, 5) is 15.0. The van der Waals surface area contributed by atoms with Crippen LogP contribution >= 0.6 is 0 Å². The molecule has 0 aromatic carbocycles. The van der Waals surface area contributed by atoms with Crippen LogP contribution in [0, 0.1) is 0 Å². The molecule has 0 aliphatic carbocycles. The Labute approximate surface area is 82.1 Å². The largest absolute Gasteiger partial charge is 0.459 e. The summed E-state index contributed by atoms with van der Waals surface area (Å²) < 4.78 is 6.37. The van der Waals surface area contributed by atoms with Crippen molar-refractivity contribution in [2.45, 2.75) is 32.9 Å². The second-order valence-electron chi connectivity index (χ2n) is 3.86. The summed E-state index contributed by atoms with van der Waals surface area (Å²) in [6, 6.07) is 0. The number of carbonyl (C=O) groups is 1. The SMILES string of the molecule is CC(C)(C)OC(=O)Cn1ncnc1N. The first-order valence-electron chi connectivity index (χ1n) is 4.23. The Morgan fingerprint density at radius 2 is 2.29 bits per heavy atom. The Balaban J connectivity index is 2.54. The molecule has 0 saturated carbocycles. The van der Waals surface area contributed by atoms with Crippen LogP contribution in [0.15, 0.2) is 6.33 Å². The number of nitrogens with zero attached hydrogens (tertiary/aromatic N) is 3. The molecule has 0 fully saturated rings. The Morgan fingerprint density at radius 1 is 1.64 bits per heavy atom. The van der Waals surface area contributed by atoms with Crippen molar-refractivity contribution in [1.29, 1.82) is 0 Å². The first-order chi connectivity index (χ1) is 6.38. The molecule has 6 nitrogen and oxygen atoms in total. The number of anilines is 1. The van der Waals surface area contributed by atoms with Crippen molar-refractivity contribution in [2.75, 3.05) is 5.73 Å². The fourth-order valence-corrected chi connectivity index (χ4v) is 0.891. The fraction of sp³-hybridized carbons (Fsp3) is 0.625. The molecular formula is C8H14N4O2. The lowest BCUT2D eigenvalue weighted by Crippen LogP contribution is -2.27. The average Bonchev–Trinajstić information content (AvgIpc) is 2.32. The van der Waals surface area contributed by atoms with Crippen LogP contribution in [0.25, 0.3) is 0 Å². The number of nitrogen functional groups attached to an aromatic ring is 1. The van der Waals surface area contributed by atoms with Gasteiger partial charge in [-0.3, -0.25) is 4.79 Å². The first kappa shape index (κ1) is 10.5. The standard InChI is InChI=1S/C8H14N4O2/c1-8(2,3)14-6(13)4-12-7(9)10-5-11-12/h5H,4H2,1-3H3,(H2,9,10,11). The maximum Gasteiger partial charge on any atom is 0.328 e. The van der Waals surface area contributed by atoms with Gasteiger partial charge < -0.3 is 10.5 Å². The number of carbonyl (C=O) groups excluding carboxylic acids is 1. The highest BCUT2D eigenvalue weighted by atomic mass is 16.6. The third-order valence-electron chi connectivity index (χ3n) is 1.34. The Kier molecular flexibility index (Phi) is 2.73. The van der Waals surface area contributed by atoms with Gasteiger partial charge in [0.2, 0.25) is 5.95 Å². The Morgan fingerprint density at radius 3 is 2.71 bits per heavy atom. The van der Waals surface area contributed by atoms with Crippen molar-refractivity contribution in [2.24, 2.45) is 0 Å². The summed E-state index contributed by atoms with van der Waals surface area (Å²) in [5, 5.41) is 3.77. The van der Waals surface area contributed by atoms with Crippen molar-refractivity contribution in [1.82, 2.24) is 14.8 Å². The van der Waals surface area contributed by atoms with Crippen LogP contribution in [-0.2, 0) is 16.1 Å². The maximum absolute atomic E-state index is 11.3. The molecular weight excluding hydrogens is 184 g/mol. The molecule has 0 bridgehead atoms. The summed E-state index contributed by atoms with van der Waals surface area (Å²) >= 11 is 0. The van der Waals surface area contributed by atoms with Crippen LogP contribution in [0.1, 0.15) is 20.8 Å². The molecule has 0 aliphatic rings. The number of ether oxygens (including phenoxy) is 1. The highest BCUT2D eigenvalue weighted by Crippen LogP contribution is 2.07. The van der Waals surface area contributed by atoms with Gasteiger partial charge in [0.05, 0.1) is 0 Å². The molecule has 1 heterocycles. The van der Waals surface area contributed by atoms with E-state index in [0.717, 1.165) is 0 Å². The molecule has 1 rings (SSSR count).